The molecule has 0 unspecified atom stereocenters. The van der Waals surface area contributed by atoms with Crippen LogP contribution in [0.5, 0.6) is 0 Å². The average Bonchev–Trinajstić information content (AvgIpc) is 2.00. The molecule has 0 bridgehead atoms. The third-order valence-electron chi connectivity index (χ3n) is 1.37. The molecule has 5 heteroatoms. The summed E-state index contributed by atoms with van der Waals surface area (Å²) < 4.78 is 5.05. The third-order valence-corrected chi connectivity index (χ3v) is 1.37. The highest BCUT2D eigenvalue weighted by atomic mass is 16.6. The third kappa shape index (κ3) is 7.54. The molecule has 0 atom stereocenters. The van der Waals surface area contributed by atoms with Crippen LogP contribution >= 0.6 is 0 Å². The molecule has 1 amide bonds. The van der Waals surface area contributed by atoms with Crippen molar-refractivity contribution in [1.82, 2.24) is 5.43 Å². The maximum Gasteiger partial charge on any atom is 0.306 e. The van der Waals surface area contributed by atoms with Gasteiger partial charge in [0.1, 0.15) is 5.60 Å². The zero-order chi connectivity index (χ0) is 11.2. The van der Waals surface area contributed by atoms with Gasteiger partial charge in [-0.2, -0.15) is 0 Å². The Kier molecular flexibility index (Phi) is 5.15. The average molecular weight is 202 g/mol. The predicted octanol–water partition coefficient (Wildman–Crippen LogP) is 0.488. The molecule has 0 radical (unpaired) electrons. The van der Waals surface area contributed by atoms with Crippen LogP contribution in [-0.4, -0.2) is 17.5 Å². The molecule has 0 heterocycles. The molecule has 0 fully saturated rings. The van der Waals surface area contributed by atoms with E-state index in [9.17, 15) is 9.59 Å². The molecule has 0 aromatic carbocycles. The van der Waals surface area contributed by atoms with Gasteiger partial charge in [-0.25, -0.2) is 5.84 Å². The standard InChI is InChI=1S/C9H18N2O3/c1-9(2,3)14-8(13)6-4-5-7(12)11-10/h4-6,10H2,1-3H3,(H,11,12). The zero-order valence-corrected chi connectivity index (χ0v) is 8.92. The molecule has 0 aliphatic carbocycles. The van der Waals surface area contributed by atoms with Gasteiger partial charge in [0.05, 0.1) is 0 Å². The summed E-state index contributed by atoms with van der Waals surface area (Å²) in [6.45, 7) is 5.41. The van der Waals surface area contributed by atoms with Crippen LogP contribution in [0.2, 0.25) is 0 Å². The highest BCUT2D eigenvalue weighted by Gasteiger charge is 2.15. The van der Waals surface area contributed by atoms with Crippen LogP contribution in [0.3, 0.4) is 0 Å². The molecule has 14 heavy (non-hydrogen) atoms. The Morgan fingerprint density at radius 2 is 1.86 bits per heavy atom. The SMILES string of the molecule is CC(C)(C)OC(=O)CCCC(=O)NN. The highest BCUT2D eigenvalue weighted by molar-refractivity contribution is 5.76. The summed E-state index contributed by atoms with van der Waals surface area (Å²) in [5.74, 6) is 4.32. The van der Waals surface area contributed by atoms with Gasteiger partial charge in [0.25, 0.3) is 0 Å². The van der Waals surface area contributed by atoms with Crippen LogP contribution in [0.15, 0.2) is 0 Å². The van der Waals surface area contributed by atoms with Gasteiger partial charge in [-0.05, 0) is 27.2 Å². The quantitative estimate of drug-likeness (QED) is 0.301. The van der Waals surface area contributed by atoms with Gasteiger partial charge in [-0.15, -0.1) is 0 Å². The van der Waals surface area contributed by atoms with E-state index in [1.165, 1.54) is 0 Å². The maximum atomic E-state index is 11.1. The first-order chi connectivity index (χ1) is 6.35. The predicted molar refractivity (Wildman–Crippen MR) is 52.0 cm³/mol. The van der Waals surface area contributed by atoms with Gasteiger partial charge in [0.15, 0.2) is 0 Å². The van der Waals surface area contributed by atoms with Crippen molar-refractivity contribution in [2.24, 2.45) is 5.84 Å². The number of nitrogens with one attached hydrogen (secondary N) is 1. The van der Waals surface area contributed by atoms with E-state index in [1.54, 1.807) is 20.8 Å². The zero-order valence-electron chi connectivity index (χ0n) is 8.92. The Balaban J connectivity index is 3.60. The Bertz CT molecular complexity index is 209. The number of hydrazine groups is 1. The largest absolute Gasteiger partial charge is 0.460 e. The van der Waals surface area contributed by atoms with Crippen molar-refractivity contribution in [3.8, 4) is 0 Å². The minimum Gasteiger partial charge on any atom is -0.460 e. The lowest BCUT2D eigenvalue weighted by Crippen LogP contribution is -2.30. The van der Waals surface area contributed by atoms with Gasteiger partial charge in [-0.3, -0.25) is 15.0 Å². The normalized spacial score (nSPS) is 10.9. The van der Waals surface area contributed by atoms with Crippen molar-refractivity contribution in [2.45, 2.75) is 45.6 Å². The van der Waals surface area contributed by atoms with Crippen molar-refractivity contribution in [1.29, 1.82) is 0 Å². The van der Waals surface area contributed by atoms with Gasteiger partial charge < -0.3 is 4.74 Å². The molecule has 3 N–H and O–H groups in total. The lowest BCUT2D eigenvalue weighted by atomic mass is 10.2. The summed E-state index contributed by atoms with van der Waals surface area (Å²) in [6, 6.07) is 0. The van der Waals surface area contributed by atoms with Crippen LogP contribution in [-0.2, 0) is 14.3 Å². The van der Waals surface area contributed by atoms with Crippen molar-refractivity contribution < 1.29 is 14.3 Å². The number of carbonyl (C=O) groups is 2. The first-order valence-corrected chi connectivity index (χ1v) is 4.56. The number of hydrogen-bond donors (Lipinski definition) is 2. The molecule has 0 aromatic heterocycles. The molecule has 0 rings (SSSR count). The molecule has 0 aromatic rings. The number of ether oxygens (including phenoxy) is 1. The topological polar surface area (TPSA) is 81.4 Å². The van der Waals surface area contributed by atoms with Crippen molar-refractivity contribution in [2.75, 3.05) is 0 Å². The Morgan fingerprint density at radius 3 is 2.29 bits per heavy atom. The molecule has 0 spiro atoms. The molecule has 0 aliphatic heterocycles. The van der Waals surface area contributed by atoms with E-state index in [0.29, 0.717) is 6.42 Å². The highest BCUT2D eigenvalue weighted by Crippen LogP contribution is 2.09. The van der Waals surface area contributed by atoms with Crippen LogP contribution in [0.4, 0.5) is 0 Å². The molecule has 0 saturated heterocycles. The van der Waals surface area contributed by atoms with Crippen molar-refractivity contribution in [3.05, 3.63) is 0 Å². The first kappa shape index (κ1) is 12.9. The summed E-state index contributed by atoms with van der Waals surface area (Å²) in [7, 11) is 0. The Hall–Kier alpha value is -1.10. The van der Waals surface area contributed by atoms with E-state index in [0.717, 1.165) is 0 Å². The smallest absolute Gasteiger partial charge is 0.306 e. The molecule has 5 nitrogen and oxygen atoms in total. The fourth-order valence-electron chi connectivity index (χ4n) is 0.858. The number of rotatable bonds is 4. The molecule has 0 aliphatic rings. The minimum atomic E-state index is -0.465. The number of hydrogen-bond acceptors (Lipinski definition) is 4. The van der Waals surface area contributed by atoms with Crippen molar-refractivity contribution in [3.63, 3.8) is 0 Å². The van der Waals surface area contributed by atoms with Crippen LogP contribution < -0.4 is 11.3 Å². The van der Waals surface area contributed by atoms with Crippen molar-refractivity contribution >= 4 is 11.9 Å². The van der Waals surface area contributed by atoms with Crippen LogP contribution in [0, 0.1) is 0 Å². The number of esters is 1. The van der Waals surface area contributed by atoms with Gasteiger partial charge in [0.2, 0.25) is 5.91 Å². The lowest BCUT2D eigenvalue weighted by molar-refractivity contribution is -0.154. The van der Waals surface area contributed by atoms with E-state index in [-0.39, 0.29) is 24.7 Å². The Labute approximate surface area is 84.0 Å². The number of carbonyl (C=O) groups excluding carboxylic acids is 2. The monoisotopic (exact) mass is 202 g/mol. The van der Waals surface area contributed by atoms with E-state index < -0.39 is 5.60 Å². The Morgan fingerprint density at radius 1 is 1.29 bits per heavy atom. The van der Waals surface area contributed by atoms with Crippen LogP contribution in [0.25, 0.3) is 0 Å². The molecule has 0 saturated carbocycles. The van der Waals surface area contributed by atoms with E-state index >= 15 is 0 Å². The second kappa shape index (κ2) is 5.59. The minimum absolute atomic E-state index is 0.241. The molecule has 82 valence electrons. The summed E-state index contributed by atoms with van der Waals surface area (Å²) in [6.07, 6.45) is 0.943. The fraction of sp³-hybridized carbons (Fsp3) is 0.778. The summed E-state index contributed by atoms with van der Waals surface area (Å²) in [4.78, 5) is 21.8. The van der Waals surface area contributed by atoms with E-state index in [1.807, 2.05) is 5.43 Å². The summed E-state index contributed by atoms with van der Waals surface area (Å²) in [5, 5.41) is 0. The molecular formula is C9H18N2O3. The second-order valence-electron chi connectivity index (χ2n) is 4.01. The number of nitrogens with two attached hydrogens (primary N) is 1. The molecular weight excluding hydrogens is 184 g/mol. The van der Waals surface area contributed by atoms with Crippen LogP contribution in [0.1, 0.15) is 40.0 Å². The van der Waals surface area contributed by atoms with Gasteiger partial charge >= 0.3 is 5.97 Å². The summed E-state index contributed by atoms with van der Waals surface area (Å²) in [5.41, 5.74) is 1.53. The van der Waals surface area contributed by atoms with E-state index in [4.69, 9.17) is 10.6 Å². The van der Waals surface area contributed by atoms with E-state index in [2.05, 4.69) is 0 Å². The van der Waals surface area contributed by atoms with Gasteiger partial charge in [0, 0.05) is 12.8 Å². The first-order valence-electron chi connectivity index (χ1n) is 4.56. The maximum absolute atomic E-state index is 11.1. The second-order valence-corrected chi connectivity index (χ2v) is 4.01. The lowest BCUT2D eigenvalue weighted by Gasteiger charge is -2.19. The summed E-state index contributed by atoms with van der Waals surface area (Å²) >= 11 is 0. The number of amides is 1. The van der Waals surface area contributed by atoms with Gasteiger partial charge in [-0.1, -0.05) is 0 Å². The fourth-order valence-corrected chi connectivity index (χ4v) is 0.858.